The molecule has 2 rings (SSSR count). The van der Waals surface area contributed by atoms with Gasteiger partial charge < -0.3 is 19.7 Å². The Morgan fingerprint density at radius 1 is 1.19 bits per heavy atom. The first-order valence-electron chi connectivity index (χ1n) is 6.51. The van der Waals surface area contributed by atoms with Crippen LogP contribution in [0.25, 0.3) is 0 Å². The smallest absolute Gasteiger partial charge is 0.488 e. The lowest BCUT2D eigenvalue weighted by molar-refractivity contribution is 0.414. The van der Waals surface area contributed by atoms with Gasteiger partial charge in [-0.25, -0.2) is 4.39 Å². The van der Waals surface area contributed by atoms with Crippen LogP contribution >= 0.6 is 0 Å². The fourth-order valence-electron chi connectivity index (χ4n) is 2.22. The molecule has 0 aromatic heterocycles. The van der Waals surface area contributed by atoms with E-state index in [9.17, 15) is 4.39 Å². The number of hydrogen-bond donors (Lipinski definition) is 2. The maximum atomic E-state index is 13.5. The molecule has 21 heavy (non-hydrogen) atoms. The fourth-order valence-corrected chi connectivity index (χ4v) is 2.22. The van der Waals surface area contributed by atoms with Gasteiger partial charge >= 0.3 is 7.12 Å². The average Bonchev–Trinajstić information content (AvgIpc) is 2.46. The number of methoxy groups -OCH3 is 1. The number of ether oxygens (including phenoxy) is 1. The highest BCUT2D eigenvalue weighted by atomic mass is 19.1. The lowest BCUT2D eigenvalue weighted by Crippen LogP contribution is -2.31. The molecule has 0 heterocycles. The molecule has 6 heteroatoms. The first-order valence-corrected chi connectivity index (χ1v) is 6.51. The summed E-state index contributed by atoms with van der Waals surface area (Å²) in [5, 5.41) is 18.3. The van der Waals surface area contributed by atoms with Gasteiger partial charge in [-0.1, -0.05) is 18.2 Å². The van der Waals surface area contributed by atoms with Crippen LogP contribution in [0.3, 0.4) is 0 Å². The molecular weight excluding hydrogens is 272 g/mol. The lowest BCUT2D eigenvalue weighted by Gasteiger charge is -2.22. The van der Waals surface area contributed by atoms with Gasteiger partial charge in [0.2, 0.25) is 0 Å². The van der Waals surface area contributed by atoms with Crippen molar-refractivity contribution in [3.63, 3.8) is 0 Å². The molecule has 0 radical (unpaired) electrons. The van der Waals surface area contributed by atoms with E-state index in [1.807, 2.05) is 36.2 Å². The van der Waals surface area contributed by atoms with Crippen molar-refractivity contribution in [2.75, 3.05) is 19.1 Å². The molecule has 2 aromatic carbocycles. The minimum absolute atomic E-state index is 0.137. The van der Waals surface area contributed by atoms with Crippen LogP contribution in [-0.2, 0) is 6.54 Å². The van der Waals surface area contributed by atoms with E-state index in [1.54, 1.807) is 13.2 Å². The maximum Gasteiger partial charge on any atom is 0.488 e. The van der Waals surface area contributed by atoms with E-state index < -0.39 is 12.9 Å². The molecule has 2 N–H and O–H groups in total. The zero-order valence-electron chi connectivity index (χ0n) is 12.0. The van der Waals surface area contributed by atoms with Crippen LogP contribution in [0.2, 0.25) is 0 Å². The summed E-state index contributed by atoms with van der Waals surface area (Å²) in [4.78, 5) is 1.90. The molecule has 4 nitrogen and oxygen atoms in total. The van der Waals surface area contributed by atoms with Crippen molar-refractivity contribution in [2.45, 2.75) is 6.54 Å². The molecule has 0 bridgehead atoms. The standard InChI is InChI=1S/C15H17BFNO3/c1-18(14-5-3-4-6-15(14)21-2)10-11-7-12(16(19)20)9-13(17)8-11/h3-9,19-20H,10H2,1-2H3. The zero-order valence-corrected chi connectivity index (χ0v) is 12.0. The minimum atomic E-state index is -1.68. The third kappa shape index (κ3) is 3.74. The normalized spacial score (nSPS) is 10.3. The number of nitrogens with zero attached hydrogens (tertiary/aromatic N) is 1. The van der Waals surface area contributed by atoms with Crippen LogP contribution in [0.15, 0.2) is 42.5 Å². The summed E-state index contributed by atoms with van der Waals surface area (Å²) < 4.78 is 18.8. The van der Waals surface area contributed by atoms with E-state index in [4.69, 9.17) is 14.8 Å². The van der Waals surface area contributed by atoms with Gasteiger partial charge in [0.1, 0.15) is 11.6 Å². The maximum absolute atomic E-state index is 13.5. The van der Waals surface area contributed by atoms with E-state index in [0.717, 1.165) is 17.5 Å². The number of rotatable bonds is 5. The van der Waals surface area contributed by atoms with Gasteiger partial charge in [0.15, 0.2) is 0 Å². The van der Waals surface area contributed by atoms with Crippen LogP contribution in [0.5, 0.6) is 5.75 Å². The summed E-state index contributed by atoms with van der Waals surface area (Å²) in [6, 6.07) is 11.6. The van der Waals surface area contributed by atoms with Gasteiger partial charge in [0.05, 0.1) is 12.8 Å². The topological polar surface area (TPSA) is 52.9 Å². The van der Waals surface area contributed by atoms with Crippen LogP contribution in [0.4, 0.5) is 10.1 Å². The van der Waals surface area contributed by atoms with E-state index in [2.05, 4.69) is 0 Å². The molecule has 0 saturated heterocycles. The van der Waals surface area contributed by atoms with E-state index in [-0.39, 0.29) is 5.46 Å². The molecule has 0 fully saturated rings. The largest absolute Gasteiger partial charge is 0.495 e. The van der Waals surface area contributed by atoms with Gasteiger partial charge in [0, 0.05) is 13.6 Å². The second kappa shape index (κ2) is 6.60. The summed E-state index contributed by atoms with van der Waals surface area (Å²) in [7, 11) is 1.77. The molecule has 0 aliphatic rings. The van der Waals surface area contributed by atoms with Crippen molar-refractivity contribution in [3.05, 3.63) is 53.8 Å². The Bertz CT molecular complexity index is 622. The summed E-state index contributed by atoms with van der Waals surface area (Å²) in [5.74, 6) is 0.225. The third-order valence-corrected chi connectivity index (χ3v) is 3.19. The Labute approximate surface area is 123 Å². The molecule has 0 aliphatic carbocycles. The van der Waals surface area contributed by atoms with Crippen molar-refractivity contribution >= 4 is 18.3 Å². The van der Waals surface area contributed by atoms with E-state index in [0.29, 0.717) is 12.1 Å². The predicted octanol–water partition coefficient (Wildman–Crippen LogP) is 1.15. The van der Waals surface area contributed by atoms with Crippen LogP contribution in [-0.4, -0.2) is 31.3 Å². The number of anilines is 1. The monoisotopic (exact) mass is 289 g/mol. The summed E-state index contributed by atoms with van der Waals surface area (Å²) >= 11 is 0. The lowest BCUT2D eigenvalue weighted by atomic mass is 9.79. The Kier molecular flexibility index (Phi) is 4.83. The SMILES string of the molecule is COc1ccccc1N(C)Cc1cc(F)cc(B(O)O)c1. The molecule has 0 amide bonds. The van der Waals surface area contributed by atoms with E-state index in [1.165, 1.54) is 6.07 Å². The molecule has 2 aromatic rings. The summed E-state index contributed by atoms with van der Waals surface area (Å²) in [6.07, 6.45) is 0. The summed E-state index contributed by atoms with van der Waals surface area (Å²) in [6.45, 7) is 0.415. The Balaban J connectivity index is 2.25. The van der Waals surface area contributed by atoms with Gasteiger partial charge in [-0.2, -0.15) is 0 Å². The minimum Gasteiger partial charge on any atom is -0.495 e. The highest BCUT2D eigenvalue weighted by Crippen LogP contribution is 2.27. The first kappa shape index (κ1) is 15.3. The van der Waals surface area contributed by atoms with Gasteiger partial charge in [-0.3, -0.25) is 0 Å². The number of halogens is 1. The van der Waals surface area contributed by atoms with Crippen molar-refractivity contribution in [3.8, 4) is 5.75 Å². The number of benzene rings is 2. The van der Waals surface area contributed by atoms with Gasteiger partial charge in [-0.15, -0.1) is 0 Å². The van der Waals surface area contributed by atoms with Crippen LogP contribution in [0.1, 0.15) is 5.56 Å². The molecule has 0 spiro atoms. The number of hydrogen-bond acceptors (Lipinski definition) is 4. The van der Waals surface area contributed by atoms with E-state index >= 15 is 0 Å². The molecule has 0 aliphatic heterocycles. The van der Waals surface area contributed by atoms with Crippen molar-refractivity contribution in [1.82, 2.24) is 0 Å². The second-order valence-corrected chi connectivity index (χ2v) is 4.79. The molecule has 110 valence electrons. The fraction of sp³-hybridized carbons (Fsp3) is 0.200. The Morgan fingerprint density at radius 2 is 1.90 bits per heavy atom. The van der Waals surface area contributed by atoms with Gasteiger partial charge in [-0.05, 0) is 35.3 Å². The third-order valence-electron chi connectivity index (χ3n) is 3.19. The van der Waals surface area contributed by atoms with Crippen LogP contribution < -0.4 is 15.1 Å². The highest BCUT2D eigenvalue weighted by molar-refractivity contribution is 6.58. The van der Waals surface area contributed by atoms with Crippen molar-refractivity contribution < 1.29 is 19.2 Å². The number of para-hydroxylation sites is 2. The Hall–Kier alpha value is -2.05. The quantitative estimate of drug-likeness (QED) is 0.811. The first-order chi connectivity index (χ1) is 10.0. The molecule has 0 unspecified atom stereocenters. The van der Waals surface area contributed by atoms with Gasteiger partial charge in [0.25, 0.3) is 0 Å². The van der Waals surface area contributed by atoms with Crippen molar-refractivity contribution in [2.24, 2.45) is 0 Å². The predicted molar refractivity (Wildman–Crippen MR) is 81.3 cm³/mol. The summed E-state index contributed by atoms with van der Waals surface area (Å²) in [5.41, 5.74) is 1.65. The van der Waals surface area contributed by atoms with Crippen LogP contribution in [0, 0.1) is 5.82 Å². The molecular formula is C15H17BFNO3. The molecule has 0 atom stereocenters. The average molecular weight is 289 g/mol. The van der Waals surface area contributed by atoms with Crippen molar-refractivity contribution in [1.29, 1.82) is 0 Å². The molecule has 0 saturated carbocycles. The Morgan fingerprint density at radius 3 is 2.57 bits per heavy atom. The highest BCUT2D eigenvalue weighted by Gasteiger charge is 2.14. The second-order valence-electron chi connectivity index (χ2n) is 4.79. The zero-order chi connectivity index (χ0) is 15.4.